The number of benzene rings is 3. The van der Waals surface area contributed by atoms with Crippen molar-refractivity contribution in [3.63, 3.8) is 0 Å². The van der Waals surface area contributed by atoms with Crippen LogP contribution < -0.4 is 0 Å². The fourth-order valence-corrected chi connectivity index (χ4v) is 4.08. The van der Waals surface area contributed by atoms with Gasteiger partial charge in [0.15, 0.2) is 0 Å². The summed E-state index contributed by atoms with van der Waals surface area (Å²) in [4.78, 5) is 14.0. The van der Waals surface area contributed by atoms with Gasteiger partial charge in [-0.3, -0.25) is 4.79 Å². The van der Waals surface area contributed by atoms with Gasteiger partial charge >= 0.3 is 0 Å². The molecule has 0 aliphatic heterocycles. The van der Waals surface area contributed by atoms with Gasteiger partial charge in [-0.15, -0.1) is 0 Å². The van der Waals surface area contributed by atoms with Gasteiger partial charge in [0.1, 0.15) is 11.2 Å². The fraction of sp³-hybridized carbons (Fsp3) is 0.296. The summed E-state index contributed by atoms with van der Waals surface area (Å²) in [6.45, 7) is 6.61. The molecule has 0 saturated heterocycles. The number of carbonyl (C=O) groups is 1. The van der Waals surface area contributed by atoms with E-state index >= 15 is 0 Å². The molecule has 0 bridgehead atoms. The Labute approximate surface area is 178 Å². The monoisotopic (exact) mass is 399 g/mol. The van der Waals surface area contributed by atoms with Crippen molar-refractivity contribution in [1.29, 1.82) is 0 Å². The molecular formula is C27H29NO2. The highest BCUT2D eigenvalue weighted by molar-refractivity contribution is 6.06. The minimum absolute atomic E-state index is 0.0318. The van der Waals surface area contributed by atoms with Crippen LogP contribution in [-0.2, 0) is 6.42 Å². The van der Waals surface area contributed by atoms with Crippen LogP contribution in [0.25, 0.3) is 21.9 Å². The number of fused-ring (bicyclic) bond motifs is 3. The number of furan rings is 1. The molecule has 1 aromatic heterocycles. The van der Waals surface area contributed by atoms with Crippen LogP contribution in [0.5, 0.6) is 0 Å². The Morgan fingerprint density at radius 2 is 1.67 bits per heavy atom. The maximum Gasteiger partial charge on any atom is 0.253 e. The van der Waals surface area contributed by atoms with Crippen molar-refractivity contribution in [2.24, 2.45) is 0 Å². The average molecular weight is 400 g/mol. The SMILES string of the molecule is CC(C)c1ccc2c(c1)oc1c(C[C@H](C)c3cccc(C(=O)N(C)C)c3)cccc12. The highest BCUT2D eigenvalue weighted by Crippen LogP contribution is 2.34. The first-order chi connectivity index (χ1) is 14.3. The van der Waals surface area contributed by atoms with Gasteiger partial charge in [0.25, 0.3) is 5.91 Å². The molecule has 0 fully saturated rings. The van der Waals surface area contributed by atoms with Gasteiger partial charge in [-0.25, -0.2) is 0 Å². The maximum atomic E-state index is 12.3. The Kier molecular flexibility index (Phi) is 5.38. The number of nitrogens with zero attached hydrogens (tertiary/aromatic N) is 1. The third kappa shape index (κ3) is 3.72. The van der Waals surface area contributed by atoms with Gasteiger partial charge in [-0.05, 0) is 53.1 Å². The van der Waals surface area contributed by atoms with Crippen LogP contribution in [0.4, 0.5) is 0 Å². The largest absolute Gasteiger partial charge is 0.456 e. The first kappa shape index (κ1) is 20.2. The van der Waals surface area contributed by atoms with Crippen molar-refractivity contribution in [1.82, 2.24) is 4.90 Å². The standard InChI is InChI=1S/C27H29NO2/c1-17(2)19-12-13-23-24-11-7-9-21(26(24)30-25(23)16-19)14-18(3)20-8-6-10-22(15-20)27(29)28(4)5/h6-13,15-18H,14H2,1-5H3/t18-/m0/s1. The van der Waals surface area contributed by atoms with Crippen LogP contribution in [-0.4, -0.2) is 24.9 Å². The van der Waals surface area contributed by atoms with Crippen molar-refractivity contribution < 1.29 is 9.21 Å². The molecule has 3 heteroatoms. The first-order valence-corrected chi connectivity index (χ1v) is 10.6. The van der Waals surface area contributed by atoms with E-state index in [0.717, 1.165) is 28.7 Å². The Morgan fingerprint density at radius 1 is 0.900 bits per heavy atom. The molecule has 1 heterocycles. The second-order valence-corrected chi connectivity index (χ2v) is 8.74. The van der Waals surface area contributed by atoms with E-state index in [1.54, 1.807) is 19.0 Å². The Morgan fingerprint density at radius 3 is 2.40 bits per heavy atom. The van der Waals surface area contributed by atoms with Crippen molar-refractivity contribution >= 4 is 27.8 Å². The summed E-state index contributed by atoms with van der Waals surface area (Å²) in [5, 5.41) is 2.34. The van der Waals surface area contributed by atoms with Gasteiger partial charge < -0.3 is 9.32 Å². The molecule has 0 unspecified atom stereocenters. The molecule has 4 aromatic rings. The number of hydrogen-bond acceptors (Lipinski definition) is 2. The summed E-state index contributed by atoms with van der Waals surface area (Å²) >= 11 is 0. The third-order valence-electron chi connectivity index (χ3n) is 5.91. The minimum Gasteiger partial charge on any atom is -0.456 e. The summed E-state index contributed by atoms with van der Waals surface area (Å²) in [7, 11) is 3.57. The molecule has 0 N–H and O–H groups in total. The van der Waals surface area contributed by atoms with E-state index in [4.69, 9.17) is 4.42 Å². The van der Waals surface area contributed by atoms with E-state index in [1.807, 2.05) is 18.2 Å². The summed E-state index contributed by atoms with van der Waals surface area (Å²) in [6.07, 6.45) is 0.855. The summed E-state index contributed by atoms with van der Waals surface area (Å²) < 4.78 is 6.34. The Bertz CT molecular complexity index is 1220. The number of para-hydroxylation sites is 1. The Balaban J connectivity index is 1.69. The number of carbonyl (C=O) groups excluding carboxylic acids is 1. The minimum atomic E-state index is 0.0318. The molecular weight excluding hydrogens is 370 g/mol. The predicted molar refractivity (Wildman–Crippen MR) is 124 cm³/mol. The lowest BCUT2D eigenvalue weighted by Gasteiger charge is -2.15. The molecule has 0 aliphatic carbocycles. The number of amides is 1. The molecule has 0 spiro atoms. The van der Waals surface area contributed by atoms with Gasteiger partial charge in [0.05, 0.1) is 0 Å². The van der Waals surface area contributed by atoms with Crippen LogP contribution in [0.1, 0.15) is 59.7 Å². The predicted octanol–water partition coefficient (Wildman–Crippen LogP) is 6.76. The lowest BCUT2D eigenvalue weighted by molar-refractivity contribution is 0.0827. The normalized spacial score (nSPS) is 12.6. The van der Waals surface area contributed by atoms with Crippen LogP contribution in [0.3, 0.4) is 0 Å². The zero-order chi connectivity index (χ0) is 21.4. The van der Waals surface area contributed by atoms with Crippen molar-refractivity contribution in [3.8, 4) is 0 Å². The molecule has 1 atom stereocenters. The van der Waals surface area contributed by atoms with Gasteiger partial charge in [0, 0.05) is 30.4 Å². The molecule has 154 valence electrons. The van der Waals surface area contributed by atoms with Crippen LogP contribution in [0.2, 0.25) is 0 Å². The van der Waals surface area contributed by atoms with Gasteiger partial charge in [-0.1, -0.05) is 63.2 Å². The molecule has 0 aliphatic rings. The Hall–Kier alpha value is -3.07. The maximum absolute atomic E-state index is 12.3. The van der Waals surface area contributed by atoms with E-state index in [9.17, 15) is 4.79 Å². The summed E-state index contributed by atoms with van der Waals surface area (Å²) in [5.74, 6) is 0.772. The van der Waals surface area contributed by atoms with Crippen molar-refractivity contribution in [3.05, 3.63) is 82.9 Å². The van der Waals surface area contributed by atoms with Crippen LogP contribution in [0, 0.1) is 0 Å². The number of hydrogen-bond donors (Lipinski definition) is 0. The highest BCUT2D eigenvalue weighted by Gasteiger charge is 2.16. The molecule has 3 aromatic carbocycles. The molecule has 0 radical (unpaired) electrons. The molecule has 1 amide bonds. The van der Waals surface area contributed by atoms with Gasteiger partial charge in [0.2, 0.25) is 0 Å². The second kappa shape index (κ2) is 7.98. The van der Waals surface area contributed by atoms with Crippen LogP contribution in [0.15, 0.2) is 65.1 Å². The molecule has 4 rings (SSSR count). The lowest BCUT2D eigenvalue weighted by atomic mass is 9.91. The van der Waals surface area contributed by atoms with E-state index in [1.165, 1.54) is 21.9 Å². The fourth-order valence-electron chi connectivity index (χ4n) is 4.08. The van der Waals surface area contributed by atoms with Crippen molar-refractivity contribution in [2.75, 3.05) is 14.1 Å². The zero-order valence-electron chi connectivity index (χ0n) is 18.4. The van der Waals surface area contributed by atoms with E-state index < -0.39 is 0 Å². The van der Waals surface area contributed by atoms with Crippen molar-refractivity contribution in [2.45, 2.75) is 39.0 Å². The van der Waals surface area contributed by atoms with E-state index in [-0.39, 0.29) is 11.8 Å². The highest BCUT2D eigenvalue weighted by atomic mass is 16.3. The van der Waals surface area contributed by atoms with E-state index in [0.29, 0.717) is 5.92 Å². The molecule has 30 heavy (non-hydrogen) atoms. The summed E-state index contributed by atoms with van der Waals surface area (Å²) in [5.41, 5.74) is 6.31. The average Bonchev–Trinajstić information content (AvgIpc) is 3.12. The zero-order valence-corrected chi connectivity index (χ0v) is 18.4. The third-order valence-corrected chi connectivity index (χ3v) is 5.91. The number of rotatable bonds is 5. The lowest BCUT2D eigenvalue weighted by Crippen LogP contribution is -2.21. The smallest absolute Gasteiger partial charge is 0.253 e. The first-order valence-electron chi connectivity index (χ1n) is 10.6. The quantitative estimate of drug-likeness (QED) is 0.371. The van der Waals surface area contributed by atoms with Gasteiger partial charge in [-0.2, -0.15) is 0 Å². The van der Waals surface area contributed by atoms with Crippen LogP contribution >= 0.6 is 0 Å². The molecule has 3 nitrogen and oxygen atoms in total. The topological polar surface area (TPSA) is 33.5 Å². The van der Waals surface area contributed by atoms with E-state index in [2.05, 4.69) is 63.2 Å². The second-order valence-electron chi connectivity index (χ2n) is 8.74. The summed E-state index contributed by atoms with van der Waals surface area (Å²) in [6, 6.07) is 20.9. The molecule has 0 saturated carbocycles.